The number of para-hydroxylation sites is 1. The van der Waals surface area contributed by atoms with Crippen molar-refractivity contribution >= 4 is 45.8 Å². The molecule has 10 heteroatoms. The van der Waals surface area contributed by atoms with Crippen LogP contribution in [0.2, 0.25) is 0 Å². The number of nitrogens with zero attached hydrogens (tertiary/aromatic N) is 4. The summed E-state index contributed by atoms with van der Waals surface area (Å²) in [7, 11) is 0. The van der Waals surface area contributed by atoms with E-state index in [0.29, 0.717) is 35.2 Å². The molecule has 4 rings (SSSR count). The summed E-state index contributed by atoms with van der Waals surface area (Å²) in [4.78, 5) is 60.9. The zero-order valence-electron chi connectivity index (χ0n) is 19.7. The predicted molar refractivity (Wildman–Crippen MR) is 127 cm³/mol. The van der Waals surface area contributed by atoms with Gasteiger partial charge in [0.1, 0.15) is 6.61 Å². The SMILES string of the molecule is CCN(C(C)=O)c1nc(COC(=O)C23CCC(=O)N2c2ccccc2C(=O)N3CC(C)C)cs1. The number of fused-ring (bicyclic) bond motifs is 3. The maximum Gasteiger partial charge on any atom is 0.354 e. The van der Waals surface area contributed by atoms with Crippen LogP contribution in [0.1, 0.15) is 56.6 Å². The third-order valence-corrected chi connectivity index (χ3v) is 6.98. The minimum atomic E-state index is -1.53. The number of carbonyl (C=O) groups excluding carboxylic acids is 4. The van der Waals surface area contributed by atoms with Crippen LogP contribution in [0.4, 0.5) is 10.8 Å². The molecule has 1 unspecified atom stereocenters. The van der Waals surface area contributed by atoms with Crippen molar-refractivity contribution in [1.82, 2.24) is 9.88 Å². The van der Waals surface area contributed by atoms with Crippen LogP contribution >= 0.6 is 11.3 Å². The Morgan fingerprint density at radius 1 is 1.26 bits per heavy atom. The normalized spacial score (nSPS) is 19.3. The molecular weight excluding hydrogens is 456 g/mol. The average Bonchev–Trinajstić information content (AvgIpc) is 3.40. The quantitative estimate of drug-likeness (QED) is 0.560. The van der Waals surface area contributed by atoms with Crippen LogP contribution < -0.4 is 9.80 Å². The Morgan fingerprint density at radius 2 is 2.00 bits per heavy atom. The third-order valence-electron chi connectivity index (χ3n) is 6.07. The van der Waals surface area contributed by atoms with E-state index < -0.39 is 11.6 Å². The van der Waals surface area contributed by atoms with Crippen molar-refractivity contribution in [1.29, 1.82) is 0 Å². The Balaban J connectivity index is 1.66. The third kappa shape index (κ3) is 3.85. The molecule has 2 aromatic rings. The molecule has 9 nitrogen and oxygen atoms in total. The van der Waals surface area contributed by atoms with Crippen LogP contribution in [-0.4, -0.2) is 52.3 Å². The molecule has 180 valence electrons. The van der Waals surface area contributed by atoms with Crippen LogP contribution in [0.25, 0.3) is 0 Å². The highest BCUT2D eigenvalue weighted by molar-refractivity contribution is 7.14. The Bertz CT molecular complexity index is 1150. The summed E-state index contributed by atoms with van der Waals surface area (Å²) in [6, 6.07) is 6.87. The highest BCUT2D eigenvalue weighted by atomic mass is 32.1. The van der Waals surface area contributed by atoms with E-state index in [9.17, 15) is 19.2 Å². The first-order valence-corrected chi connectivity index (χ1v) is 12.2. The number of carbonyl (C=O) groups is 4. The maximum absolute atomic E-state index is 13.7. The summed E-state index contributed by atoms with van der Waals surface area (Å²) in [6.07, 6.45) is 0.296. The first kappa shape index (κ1) is 23.9. The highest BCUT2D eigenvalue weighted by Gasteiger charge is 2.62. The molecule has 1 fully saturated rings. The fourth-order valence-electron chi connectivity index (χ4n) is 4.60. The Kier molecular flexibility index (Phi) is 6.44. The summed E-state index contributed by atoms with van der Waals surface area (Å²) in [6.45, 7) is 7.90. The number of hydrogen-bond acceptors (Lipinski definition) is 7. The van der Waals surface area contributed by atoms with Crippen LogP contribution in [0.5, 0.6) is 0 Å². The molecule has 3 heterocycles. The lowest BCUT2D eigenvalue weighted by atomic mass is 9.95. The molecule has 1 aromatic carbocycles. The van der Waals surface area contributed by atoms with Gasteiger partial charge in [-0.2, -0.15) is 0 Å². The second kappa shape index (κ2) is 9.17. The zero-order valence-corrected chi connectivity index (χ0v) is 20.6. The molecule has 0 bridgehead atoms. The predicted octanol–water partition coefficient (Wildman–Crippen LogP) is 3.19. The van der Waals surface area contributed by atoms with Crippen molar-refractivity contribution in [2.75, 3.05) is 22.9 Å². The Morgan fingerprint density at radius 3 is 2.68 bits per heavy atom. The molecule has 2 aliphatic rings. The van der Waals surface area contributed by atoms with Gasteiger partial charge in [0.15, 0.2) is 5.13 Å². The first-order valence-electron chi connectivity index (χ1n) is 11.3. The van der Waals surface area contributed by atoms with Crippen molar-refractivity contribution in [2.24, 2.45) is 5.92 Å². The van der Waals surface area contributed by atoms with Gasteiger partial charge in [-0.3, -0.25) is 24.2 Å². The van der Waals surface area contributed by atoms with E-state index in [1.807, 2.05) is 20.8 Å². The molecule has 2 aliphatic heterocycles. The monoisotopic (exact) mass is 484 g/mol. The van der Waals surface area contributed by atoms with Gasteiger partial charge in [0.05, 0.1) is 16.9 Å². The molecule has 1 aromatic heterocycles. The lowest BCUT2D eigenvalue weighted by Gasteiger charge is -2.48. The lowest BCUT2D eigenvalue weighted by Crippen LogP contribution is -2.69. The van der Waals surface area contributed by atoms with E-state index in [4.69, 9.17) is 4.74 Å². The maximum atomic E-state index is 13.7. The smallest absolute Gasteiger partial charge is 0.354 e. The zero-order chi connectivity index (χ0) is 24.6. The standard InChI is InChI=1S/C24H28N4O5S/c1-5-26(16(4)29)23-25-17(14-34-23)13-33-22(32)24-11-10-20(30)28(24)19-9-7-6-8-18(19)21(31)27(24)12-15(2)3/h6-9,14-15H,5,10-13H2,1-4H3. The summed E-state index contributed by atoms with van der Waals surface area (Å²) in [5.74, 6) is -1.22. The number of anilines is 2. The van der Waals surface area contributed by atoms with E-state index in [1.54, 1.807) is 29.6 Å². The molecule has 1 saturated heterocycles. The van der Waals surface area contributed by atoms with Gasteiger partial charge in [0, 0.05) is 38.2 Å². The van der Waals surface area contributed by atoms with Gasteiger partial charge < -0.3 is 9.64 Å². The van der Waals surface area contributed by atoms with Crippen molar-refractivity contribution < 1.29 is 23.9 Å². The number of esters is 1. The molecule has 1 atom stereocenters. The van der Waals surface area contributed by atoms with E-state index in [0.717, 1.165) is 0 Å². The van der Waals surface area contributed by atoms with Crippen molar-refractivity contribution in [3.63, 3.8) is 0 Å². The van der Waals surface area contributed by atoms with Crippen LogP contribution in [0.3, 0.4) is 0 Å². The number of rotatable bonds is 7. The van der Waals surface area contributed by atoms with Gasteiger partial charge in [-0.05, 0) is 25.0 Å². The van der Waals surface area contributed by atoms with E-state index in [2.05, 4.69) is 4.98 Å². The van der Waals surface area contributed by atoms with Gasteiger partial charge >= 0.3 is 5.97 Å². The summed E-state index contributed by atoms with van der Waals surface area (Å²) >= 11 is 1.29. The topological polar surface area (TPSA) is 100 Å². The number of ether oxygens (including phenoxy) is 1. The number of thiazole rings is 1. The molecule has 0 saturated carbocycles. The van der Waals surface area contributed by atoms with E-state index >= 15 is 0 Å². The van der Waals surface area contributed by atoms with Crippen LogP contribution in [0.15, 0.2) is 29.6 Å². The van der Waals surface area contributed by atoms with Gasteiger partial charge in [-0.1, -0.05) is 26.0 Å². The minimum absolute atomic E-state index is 0.0733. The summed E-state index contributed by atoms with van der Waals surface area (Å²) in [5, 5.41) is 2.26. The number of hydrogen-bond donors (Lipinski definition) is 0. The number of amides is 3. The molecule has 34 heavy (non-hydrogen) atoms. The number of aromatic nitrogens is 1. The van der Waals surface area contributed by atoms with E-state index in [1.165, 1.54) is 33.0 Å². The first-order chi connectivity index (χ1) is 16.2. The molecular formula is C24H28N4O5S. The second-order valence-corrected chi connectivity index (χ2v) is 9.67. The minimum Gasteiger partial charge on any atom is -0.456 e. The summed E-state index contributed by atoms with van der Waals surface area (Å²) < 4.78 is 5.70. The van der Waals surface area contributed by atoms with Crippen molar-refractivity contribution in [3.05, 3.63) is 40.9 Å². The molecule has 0 spiro atoms. The van der Waals surface area contributed by atoms with E-state index in [-0.39, 0.29) is 43.1 Å². The largest absolute Gasteiger partial charge is 0.456 e. The van der Waals surface area contributed by atoms with Gasteiger partial charge in [-0.15, -0.1) is 11.3 Å². The Labute approximate surface area is 202 Å². The molecule has 0 N–H and O–H groups in total. The highest BCUT2D eigenvalue weighted by Crippen LogP contribution is 2.45. The second-order valence-electron chi connectivity index (χ2n) is 8.83. The molecule has 0 radical (unpaired) electrons. The van der Waals surface area contributed by atoms with Gasteiger partial charge in [-0.25, -0.2) is 9.78 Å². The summed E-state index contributed by atoms with van der Waals surface area (Å²) in [5.41, 5.74) is -0.198. The Hall–Kier alpha value is -3.27. The fraction of sp³-hybridized carbons (Fsp3) is 0.458. The number of benzene rings is 1. The molecule has 3 amide bonds. The van der Waals surface area contributed by atoms with Crippen LogP contribution in [0, 0.1) is 5.92 Å². The van der Waals surface area contributed by atoms with Crippen molar-refractivity contribution in [3.8, 4) is 0 Å². The van der Waals surface area contributed by atoms with Gasteiger partial charge in [0.2, 0.25) is 17.5 Å². The van der Waals surface area contributed by atoms with Gasteiger partial charge in [0.25, 0.3) is 5.91 Å². The molecule has 0 aliphatic carbocycles. The fourth-order valence-corrected chi connectivity index (χ4v) is 5.52. The van der Waals surface area contributed by atoms with Crippen molar-refractivity contribution in [2.45, 2.75) is 52.8 Å². The average molecular weight is 485 g/mol. The lowest BCUT2D eigenvalue weighted by molar-refractivity contribution is -0.159. The van der Waals surface area contributed by atoms with Crippen LogP contribution in [-0.2, 0) is 25.7 Å².